The molecule has 114 valence electrons. The Morgan fingerprint density at radius 2 is 1.81 bits per heavy atom. The van der Waals surface area contributed by atoms with Crippen molar-refractivity contribution in [2.75, 3.05) is 31.1 Å². The number of hydrogen-bond donors (Lipinski definition) is 0. The van der Waals surface area contributed by atoms with Crippen LogP contribution in [-0.2, 0) is 10.0 Å². The third-order valence-corrected chi connectivity index (χ3v) is 6.16. The van der Waals surface area contributed by atoms with Crippen LogP contribution in [0.5, 0.6) is 0 Å². The number of anilines is 1. The smallest absolute Gasteiger partial charge is 0.230 e. The van der Waals surface area contributed by atoms with Crippen LogP contribution >= 0.6 is 11.6 Å². The lowest BCUT2D eigenvalue weighted by Gasteiger charge is -2.36. The van der Waals surface area contributed by atoms with Gasteiger partial charge in [-0.3, -0.25) is 0 Å². The highest BCUT2D eigenvalue weighted by Gasteiger charge is 2.33. The molecule has 2 rings (SSSR count). The summed E-state index contributed by atoms with van der Waals surface area (Å²) in [5.41, 5.74) is 1.03. The van der Waals surface area contributed by atoms with E-state index in [-0.39, 0.29) is 0 Å². The maximum Gasteiger partial charge on any atom is 0.230 e. The minimum absolute atomic E-state index is 0.316. The molecule has 0 bridgehead atoms. The first-order chi connectivity index (χ1) is 9.98. The average Bonchev–Trinajstić information content (AvgIpc) is 2.49. The largest absolute Gasteiger partial charge is 0.369 e. The summed E-state index contributed by atoms with van der Waals surface area (Å²) in [7, 11) is -3.51. The Hall–Kier alpha value is -1.29. The highest BCUT2D eigenvalue weighted by atomic mass is 35.5. The average molecular weight is 328 g/mol. The topological polar surface area (TPSA) is 64.4 Å². The standard InChI is InChI=1S/C14H18ClN3O2S/c1-2-14(11-16)21(19,20)18-9-7-17(8-10-18)13-5-3-12(15)4-6-13/h3-6,14H,2,7-10H2,1H3. The molecule has 0 spiro atoms. The van der Waals surface area contributed by atoms with E-state index in [0.717, 1.165) is 5.69 Å². The van der Waals surface area contributed by atoms with Gasteiger partial charge >= 0.3 is 0 Å². The summed E-state index contributed by atoms with van der Waals surface area (Å²) < 4.78 is 26.0. The Bertz CT molecular complexity index is 617. The molecule has 0 radical (unpaired) electrons. The Morgan fingerprint density at radius 1 is 1.24 bits per heavy atom. The van der Waals surface area contributed by atoms with Crippen molar-refractivity contribution in [2.24, 2.45) is 0 Å². The highest BCUT2D eigenvalue weighted by Crippen LogP contribution is 2.21. The van der Waals surface area contributed by atoms with E-state index < -0.39 is 15.3 Å². The van der Waals surface area contributed by atoms with Gasteiger partial charge in [0, 0.05) is 36.9 Å². The normalized spacial score (nSPS) is 18.2. The summed E-state index contributed by atoms with van der Waals surface area (Å²) in [6, 6.07) is 9.38. The molecular formula is C14H18ClN3O2S. The molecular weight excluding hydrogens is 310 g/mol. The molecule has 1 aromatic rings. The number of nitriles is 1. The van der Waals surface area contributed by atoms with Crippen LogP contribution in [0.25, 0.3) is 0 Å². The molecule has 0 aliphatic carbocycles. The lowest BCUT2D eigenvalue weighted by atomic mass is 10.2. The SMILES string of the molecule is CCC(C#N)S(=O)(=O)N1CCN(c2ccc(Cl)cc2)CC1. The first-order valence-electron chi connectivity index (χ1n) is 6.88. The zero-order valence-electron chi connectivity index (χ0n) is 11.9. The van der Waals surface area contributed by atoms with Gasteiger partial charge in [-0.2, -0.15) is 9.57 Å². The first-order valence-corrected chi connectivity index (χ1v) is 8.76. The number of nitrogens with zero attached hydrogens (tertiary/aromatic N) is 3. The lowest BCUT2D eigenvalue weighted by Crippen LogP contribution is -2.51. The number of rotatable bonds is 4. The van der Waals surface area contributed by atoms with Gasteiger partial charge in [0.25, 0.3) is 0 Å². The Morgan fingerprint density at radius 3 is 2.29 bits per heavy atom. The summed E-state index contributed by atoms with van der Waals surface area (Å²) >= 11 is 5.86. The summed E-state index contributed by atoms with van der Waals surface area (Å²) in [5, 5.41) is 8.71. The van der Waals surface area contributed by atoms with E-state index in [0.29, 0.717) is 37.6 Å². The van der Waals surface area contributed by atoms with Crippen molar-refractivity contribution in [3.8, 4) is 6.07 Å². The number of benzene rings is 1. The van der Waals surface area contributed by atoms with Gasteiger partial charge < -0.3 is 4.90 Å². The van der Waals surface area contributed by atoms with Crippen LogP contribution in [0.2, 0.25) is 5.02 Å². The quantitative estimate of drug-likeness (QED) is 0.849. The molecule has 0 N–H and O–H groups in total. The van der Waals surface area contributed by atoms with Crippen molar-refractivity contribution in [2.45, 2.75) is 18.6 Å². The van der Waals surface area contributed by atoms with Crippen LogP contribution in [0.1, 0.15) is 13.3 Å². The second kappa shape index (κ2) is 6.65. The van der Waals surface area contributed by atoms with Crippen molar-refractivity contribution in [3.05, 3.63) is 29.3 Å². The molecule has 1 aliphatic heterocycles. The fraction of sp³-hybridized carbons (Fsp3) is 0.500. The van der Waals surface area contributed by atoms with Crippen LogP contribution in [0.15, 0.2) is 24.3 Å². The van der Waals surface area contributed by atoms with Crippen LogP contribution in [0.4, 0.5) is 5.69 Å². The number of hydrogen-bond acceptors (Lipinski definition) is 4. The number of halogens is 1. The number of sulfonamides is 1. The van der Waals surface area contributed by atoms with Crippen molar-refractivity contribution in [1.82, 2.24) is 4.31 Å². The molecule has 1 aromatic carbocycles. The zero-order chi connectivity index (χ0) is 15.5. The third kappa shape index (κ3) is 3.49. The van der Waals surface area contributed by atoms with Gasteiger partial charge in [0.15, 0.2) is 5.25 Å². The molecule has 1 saturated heterocycles. The molecule has 0 aromatic heterocycles. The van der Waals surface area contributed by atoms with Gasteiger partial charge in [-0.25, -0.2) is 8.42 Å². The van der Waals surface area contributed by atoms with Gasteiger partial charge in [0.2, 0.25) is 10.0 Å². The molecule has 1 aliphatic rings. The molecule has 1 atom stereocenters. The van der Waals surface area contributed by atoms with Crippen LogP contribution < -0.4 is 4.90 Å². The van der Waals surface area contributed by atoms with Crippen LogP contribution in [-0.4, -0.2) is 44.2 Å². The molecule has 0 amide bonds. The van der Waals surface area contributed by atoms with E-state index in [4.69, 9.17) is 16.9 Å². The molecule has 21 heavy (non-hydrogen) atoms. The maximum absolute atomic E-state index is 12.3. The van der Waals surface area contributed by atoms with Crippen LogP contribution in [0.3, 0.4) is 0 Å². The van der Waals surface area contributed by atoms with E-state index in [9.17, 15) is 8.42 Å². The van der Waals surface area contributed by atoms with Gasteiger partial charge in [0.05, 0.1) is 6.07 Å². The van der Waals surface area contributed by atoms with Crippen molar-refractivity contribution >= 4 is 27.3 Å². The van der Waals surface area contributed by atoms with Crippen molar-refractivity contribution in [1.29, 1.82) is 5.26 Å². The van der Waals surface area contributed by atoms with E-state index in [2.05, 4.69) is 4.90 Å². The third-order valence-electron chi connectivity index (χ3n) is 3.66. The van der Waals surface area contributed by atoms with Crippen molar-refractivity contribution in [3.63, 3.8) is 0 Å². The van der Waals surface area contributed by atoms with Gasteiger partial charge in [-0.05, 0) is 30.7 Å². The lowest BCUT2D eigenvalue weighted by molar-refractivity contribution is 0.381. The predicted octanol–water partition coefficient (Wildman–Crippen LogP) is 2.09. The number of piperazine rings is 1. The van der Waals surface area contributed by atoms with Crippen molar-refractivity contribution < 1.29 is 8.42 Å². The predicted molar refractivity (Wildman–Crippen MR) is 83.8 cm³/mol. The van der Waals surface area contributed by atoms with Gasteiger partial charge in [-0.1, -0.05) is 18.5 Å². The maximum atomic E-state index is 12.3. The summed E-state index contributed by atoms with van der Waals surface area (Å²) in [6.45, 7) is 3.76. The second-order valence-corrected chi connectivity index (χ2v) is 7.49. The second-order valence-electron chi connectivity index (χ2n) is 4.93. The molecule has 7 heteroatoms. The van der Waals surface area contributed by atoms with E-state index in [1.54, 1.807) is 6.92 Å². The Balaban J connectivity index is 2.03. The van der Waals surface area contributed by atoms with E-state index >= 15 is 0 Å². The van der Waals surface area contributed by atoms with Crippen LogP contribution in [0, 0.1) is 11.3 Å². The fourth-order valence-corrected chi connectivity index (χ4v) is 4.11. The van der Waals surface area contributed by atoms with E-state index in [1.165, 1.54) is 4.31 Å². The fourth-order valence-electron chi connectivity index (χ4n) is 2.40. The van der Waals surface area contributed by atoms with E-state index in [1.807, 2.05) is 30.3 Å². The summed E-state index contributed by atoms with van der Waals surface area (Å²) in [6.07, 6.45) is 0.316. The zero-order valence-corrected chi connectivity index (χ0v) is 13.4. The first kappa shape index (κ1) is 16.1. The Kier molecular flexibility index (Phi) is 5.09. The highest BCUT2D eigenvalue weighted by molar-refractivity contribution is 7.90. The molecule has 1 unspecified atom stereocenters. The van der Waals surface area contributed by atoms with Gasteiger partial charge in [0.1, 0.15) is 0 Å². The molecule has 0 saturated carbocycles. The minimum atomic E-state index is -3.51. The summed E-state index contributed by atoms with van der Waals surface area (Å²) in [4.78, 5) is 2.12. The minimum Gasteiger partial charge on any atom is -0.369 e. The monoisotopic (exact) mass is 327 g/mol. The summed E-state index contributed by atoms with van der Waals surface area (Å²) in [5.74, 6) is 0. The molecule has 1 heterocycles. The Labute approximate surface area is 130 Å². The molecule has 1 fully saturated rings. The molecule has 5 nitrogen and oxygen atoms in total. The van der Waals surface area contributed by atoms with Gasteiger partial charge in [-0.15, -0.1) is 0 Å².